The van der Waals surface area contributed by atoms with Crippen molar-refractivity contribution in [2.45, 2.75) is 11.8 Å². The lowest BCUT2D eigenvalue weighted by Gasteiger charge is -2.38. The van der Waals surface area contributed by atoms with Crippen molar-refractivity contribution >= 4 is 37.0 Å². The van der Waals surface area contributed by atoms with Gasteiger partial charge in [0.1, 0.15) is 0 Å². The van der Waals surface area contributed by atoms with E-state index in [1.807, 2.05) is 48.5 Å². The molecule has 0 aliphatic carbocycles. The maximum Gasteiger partial charge on any atom is 0.204 e. The van der Waals surface area contributed by atoms with Crippen LogP contribution in [0.5, 0.6) is 0 Å². The molecular formula is C25H24BrNO2S. The summed E-state index contributed by atoms with van der Waals surface area (Å²) in [7, 11) is -3.64. The number of aryl methyl sites for hydroxylation is 1. The van der Waals surface area contributed by atoms with Gasteiger partial charge in [-0.15, -0.1) is 0 Å². The van der Waals surface area contributed by atoms with Crippen molar-refractivity contribution in [3.05, 3.63) is 101 Å². The maximum absolute atomic E-state index is 13.8. The molecule has 5 heteroatoms. The Balaban J connectivity index is 1.93. The predicted molar refractivity (Wildman–Crippen MR) is 128 cm³/mol. The second-order valence-corrected chi connectivity index (χ2v) is 10.2. The van der Waals surface area contributed by atoms with E-state index in [2.05, 4.69) is 39.9 Å². The summed E-state index contributed by atoms with van der Waals surface area (Å²) in [6, 6.07) is 26.8. The number of sulfone groups is 1. The average Bonchev–Trinajstić information content (AvgIpc) is 2.79. The summed E-state index contributed by atoms with van der Waals surface area (Å²) >= 11 is 3.66. The Hall–Kier alpha value is -2.37. The second-order valence-electron chi connectivity index (χ2n) is 7.54. The van der Waals surface area contributed by atoms with Crippen LogP contribution in [0.25, 0.3) is 5.57 Å². The highest BCUT2D eigenvalue weighted by Crippen LogP contribution is 2.39. The summed E-state index contributed by atoms with van der Waals surface area (Å²) in [5.74, 6) is 0.0502. The summed E-state index contributed by atoms with van der Waals surface area (Å²) < 4.78 is 27.6. The largest absolute Gasteiger partial charge is 0.366 e. The number of alkyl halides is 1. The number of halogens is 1. The van der Waals surface area contributed by atoms with Crippen LogP contribution in [0.4, 0.5) is 5.69 Å². The van der Waals surface area contributed by atoms with E-state index in [1.54, 1.807) is 24.3 Å². The van der Waals surface area contributed by atoms with Gasteiger partial charge < -0.3 is 4.90 Å². The predicted octanol–water partition coefficient (Wildman–Crippen LogP) is 5.71. The fourth-order valence-electron chi connectivity index (χ4n) is 4.12. The minimum Gasteiger partial charge on any atom is -0.366 e. The quantitative estimate of drug-likeness (QED) is 0.437. The molecular weight excluding hydrogens is 458 g/mol. The molecule has 3 aromatic rings. The van der Waals surface area contributed by atoms with Gasteiger partial charge in [-0.3, -0.25) is 0 Å². The number of hydrogen-bond donors (Lipinski definition) is 0. The van der Waals surface area contributed by atoms with Crippen molar-refractivity contribution in [1.29, 1.82) is 0 Å². The molecule has 1 atom stereocenters. The molecule has 1 unspecified atom stereocenters. The Morgan fingerprint density at radius 1 is 0.900 bits per heavy atom. The van der Waals surface area contributed by atoms with Crippen LogP contribution in [0.2, 0.25) is 0 Å². The summed E-state index contributed by atoms with van der Waals surface area (Å²) in [6.07, 6.45) is 0. The Labute approximate surface area is 187 Å². The Bertz CT molecular complexity index is 1160. The monoisotopic (exact) mass is 481 g/mol. The molecule has 4 rings (SSSR count). The van der Waals surface area contributed by atoms with Crippen LogP contribution in [0.15, 0.2) is 94.7 Å². The molecule has 3 aromatic carbocycles. The number of benzene rings is 3. The maximum atomic E-state index is 13.8. The normalized spacial score (nSPS) is 17.3. The topological polar surface area (TPSA) is 37.4 Å². The van der Waals surface area contributed by atoms with Crippen molar-refractivity contribution in [2.75, 3.05) is 23.3 Å². The van der Waals surface area contributed by atoms with Crippen molar-refractivity contribution in [2.24, 2.45) is 5.92 Å². The molecule has 3 nitrogen and oxygen atoms in total. The van der Waals surface area contributed by atoms with Crippen LogP contribution < -0.4 is 4.90 Å². The van der Waals surface area contributed by atoms with E-state index >= 15 is 0 Å². The molecule has 0 bridgehead atoms. The van der Waals surface area contributed by atoms with Gasteiger partial charge in [0.15, 0.2) is 0 Å². The number of anilines is 1. The first-order valence-corrected chi connectivity index (χ1v) is 12.6. The van der Waals surface area contributed by atoms with Gasteiger partial charge in [0.25, 0.3) is 0 Å². The third-order valence-corrected chi connectivity index (χ3v) is 8.26. The van der Waals surface area contributed by atoms with Gasteiger partial charge in [0.05, 0.1) is 16.3 Å². The van der Waals surface area contributed by atoms with Gasteiger partial charge in [-0.2, -0.15) is 0 Å². The lowest BCUT2D eigenvalue weighted by atomic mass is 9.90. The molecule has 0 radical (unpaired) electrons. The van der Waals surface area contributed by atoms with Crippen molar-refractivity contribution < 1.29 is 8.42 Å². The van der Waals surface area contributed by atoms with Crippen molar-refractivity contribution in [3.63, 3.8) is 0 Å². The molecule has 1 heterocycles. The van der Waals surface area contributed by atoms with Gasteiger partial charge in [0.2, 0.25) is 9.84 Å². The van der Waals surface area contributed by atoms with Gasteiger partial charge in [-0.05, 0) is 41.8 Å². The highest BCUT2D eigenvalue weighted by molar-refractivity contribution is 9.09. The van der Waals surface area contributed by atoms with Crippen LogP contribution in [-0.2, 0) is 9.84 Å². The van der Waals surface area contributed by atoms with Gasteiger partial charge >= 0.3 is 0 Å². The minimum atomic E-state index is -3.64. The Morgan fingerprint density at radius 2 is 1.50 bits per heavy atom. The van der Waals surface area contributed by atoms with Crippen LogP contribution in [0.1, 0.15) is 11.1 Å². The SMILES string of the molecule is Cc1ccccc1N1CC(S(=O)(=O)c2ccccc2)=C(c2ccccc2)C(CBr)C1. The zero-order chi connectivity index (χ0) is 21.1. The standard InChI is InChI=1S/C25H24BrNO2S/c1-19-10-8-9-15-23(19)27-17-21(16-26)25(20-11-4-2-5-12-20)24(18-27)30(28,29)22-13-6-3-7-14-22/h2-15,21H,16-18H2,1H3. The van der Waals surface area contributed by atoms with E-state index in [-0.39, 0.29) is 5.92 Å². The van der Waals surface area contributed by atoms with Gasteiger partial charge in [0, 0.05) is 23.5 Å². The molecule has 0 saturated carbocycles. The first-order valence-electron chi connectivity index (χ1n) is 9.97. The van der Waals surface area contributed by atoms with E-state index in [0.29, 0.717) is 21.7 Å². The second kappa shape index (κ2) is 8.78. The average molecular weight is 482 g/mol. The zero-order valence-electron chi connectivity index (χ0n) is 16.8. The van der Waals surface area contributed by atoms with Gasteiger partial charge in [-0.1, -0.05) is 82.7 Å². The fourth-order valence-corrected chi connectivity index (χ4v) is 6.35. The van der Waals surface area contributed by atoms with Gasteiger partial charge in [-0.25, -0.2) is 8.42 Å². The molecule has 30 heavy (non-hydrogen) atoms. The summed E-state index contributed by atoms with van der Waals surface area (Å²) in [5.41, 5.74) is 4.11. The smallest absolute Gasteiger partial charge is 0.204 e. The highest BCUT2D eigenvalue weighted by Gasteiger charge is 2.35. The summed E-state index contributed by atoms with van der Waals surface area (Å²) in [4.78, 5) is 3.02. The molecule has 1 aliphatic rings. The third-order valence-electron chi connectivity index (χ3n) is 5.59. The lowest BCUT2D eigenvalue weighted by molar-refractivity contribution is 0.596. The van der Waals surface area contributed by atoms with Crippen LogP contribution in [0, 0.1) is 12.8 Å². The molecule has 0 aromatic heterocycles. The molecule has 0 N–H and O–H groups in total. The number of rotatable bonds is 5. The first-order chi connectivity index (χ1) is 14.5. The number of para-hydroxylation sites is 1. The molecule has 0 saturated heterocycles. The molecule has 0 spiro atoms. The first kappa shape index (κ1) is 20.9. The van der Waals surface area contributed by atoms with E-state index in [4.69, 9.17) is 0 Å². The Kier molecular flexibility index (Phi) is 6.11. The van der Waals surface area contributed by atoms with E-state index in [0.717, 1.165) is 28.9 Å². The summed E-state index contributed by atoms with van der Waals surface area (Å²) in [6.45, 7) is 3.18. The van der Waals surface area contributed by atoms with Crippen molar-refractivity contribution in [3.8, 4) is 0 Å². The molecule has 154 valence electrons. The van der Waals surface area contributed by atoms with Crippen LogP contribution in [0.3, 0.4) is 0 Å². The van der Waals surface area contributed by atoms with Crippen LogP contribution >= 0.6 is 15.9 Å². The third kappa shape index (κ3) is 3.96. The van der Waals surface area contributed by atoms with Crippen LogP contribution in [-0.4, -0.2) is 26.8 Å². The minimum absolute atomic E-state index is 0.0502. The molecule has 0 fully saturated rings. The molecule has 1 aliphatic heterocycles. The zero-order valence-corrected chi connectivity index (χ0v) is 19.2. The highest BCUT2D eigenvalue weighted by atomic mass is 79.9. The Morgan fingerprint density at radius 3 is 2.13 bits per heavy atom. The number of nitrogens with zero attached hydrogens (tertiary/aromatic N) is 1. The number of hydrogen-bond acceptors (Lipinski definition) is 3. The van der Waals surface area contributed by atoms with E-state index < -0.39 is 9.84 Å². The summed E-state index contributed by atoms with van der Waals surface area (Å²) in [5, 5.41) is 0.688. The lowest BCUT2D eigenvalue weighted by Crippen LogP contribution is -2.40. The van der Waals surface area contributed by atoms with Crippen molar-refractivity contribution in [1.82, 2.24) is 0 Å². The molecule has 0 amide bonds. The van der Waals surface area contributed by atoms with E-state index in [1.165, 1.54) is 0 Å². The fraction of sp³-hybridized carbons (Fsp3) is 0.200. The van der Waals surface area contributed by atoms with E-state index in [9.17, 15) is 8.42 Å².